The third-order valence-electron chi connectivity index (χ3n) is 8.71. The molecule has 0 bridgehead atoms. The number of likely N-dealkylation sites (tertiary alicyclic amines) is 1. The molecule has 2 aromatic rings. The van der Waals surface area contributed by atoms with Gasteiger partial charge in [0.2, 0.25) is 0 Å². The SMILES string of the molecule is CC(C)(C)OC(=O)N1C(C2=NC3=C(C2)c2cc4c(cc2CC3)-c2ccc(Cl)cc2OC4)C[C@@H]2CCC[C@@H]21. The predicted molar refractivity (Wildman–Crippen MR) is 146 cm³/mol. The first-order valence-electron chi connectivity index (χ1n) is 13.6. The van der Waals surface area contributed by atoms with E-state index >= 15 is 0 Å². The molecule has 5 nitrogen and oxygen atoms in total. The lowest BCUT2D eigenvalue weighted by atomic mass is 9.83. The Morgan fingerprint density at radius 2 is 1.92 bits per heavy atom. The van der Waals surface area contributed by atoms with Crippen molar-refractivity contribution in [3.63, 3.8) is 0 Å². The number of halogens is 1. The van der Waals surface area contributed by atoms with Crippen molar-refractivity contribution in [3.05, 3.63) is 57.7 Å². The molecule has 3 aliphatic heterocycles. The van der Waals surface area contributed by atoms with Crippen LogP contribution in [-0.2, 0) is 17.8 Å². The van der Waals surface area contributed by atoms with Crippen molar-refractivity contribution in [3.8, 4) is 16.9 Å². The number of ether oxygens (including phenoxy) is 2. The van der Waals surface area contributed by atoms with E-state index in [2.05, 4.69) is 23.1 Å². The number of rotatable bonds is 1. The largest absolute Gasteiger partial charge is 0.488 e. The summed E-state index contributed by atoms with van der Waals surface area (Å²) in [5.74, 6) is 1.42. The zero-order chi connectivity index (χ0) is 25.5. The second kappa shape index (κ2) is 8.36. The van der Waals surface area contributed by atoms with E-state index in [4.69, 9.17) is 26.1 Å². The van der Waals surface area contributed by atoms with Crippen LogP contribution in [0.3, 0.4) is 0 Å². The normalized spacial score (nSPS) is 25.6. The van der Waals surface area contributed by atoms with Crippen LogP contribution in [0.1, 0.15) is 76.0 Å². The van der Waals surface area contributed by atoms with Crippen LogP contribution in [0.15, 0.2) is 41.0 Å². The van der Waals surface area contributed by atoms with Gasteiger partial charge in [-0.05, 0) is 117 Å². The Morgan fingerprint density at radius 3 is 2.76 bits per heavy atom. The molecule has 2 aromatic carbocycles. The topological polar surface area (TPSA) is 51.1 Å². The lowest BCUT2D eigenvalue weighted by Crippen LogP contribution is -2.47. The average Bonchev–Trinajstić information content (AvgIpc) is 3.55. The summed E-state index contributed by atoms with van der Waals surface area (Å²) < 4.78 is 12.0. The second-order valence-corrected chi connectivity index (χ2v) is 12.6. The van der Waals surface area contributed by atoms with Crippen LogP contribution in [0.2, 0.25) is 5.02 Å². The predicted octanol–water partition coefficient (Wildman–Crippen LogP) is 7.58. The highest BCUT2D eigenvalue weighted by Crippen LogP contribution is 2.48. The van der Waals surface area contributed by atoms with Crippen LogP contribution >= 0.6 is 11.6 Å². The van der Waals surface area contributed by atoms with Gasteiger partial charge in [-0.3, -0.25) is 9.89 Å². The van der Waals surface area contributed by atoms with E-state index in [0.29, 0.717) is 17.5 Å². The van der Waals surface area contributed by atoms with Crippen LogP contribution in [0.4, 0.5) is 4.79 Å². The van der Waals surface area contributed by atoms with Crippen LogP contribution in [0.25, 0.3) is 16.7 Å². The average molecular weight is 517 g/mol. The van der Waals surface area contributed by atoms with Crippen LogP contribution in [-0.4, -0.2) is 34.4 Å². The number of benzene rings is 2. The summed E-state index contributed by atoms with van der Waals surface area (Å²) in [6.45, 7) is 6.39. The number of fused-ring (bicyclic) bond motifs is 6. The third-order valence-corrected chi connectivity index (χ3v) is 8.95. The van der Waals surface area contributed by atoms with Crippen molar-refractivity contribution in [2.75, 3.05) is 0 Å². The summed E-state index contributed by atoms with van der Waals surface area (Å²) in [4.78, 5) is 20.6. The summed E-state index contributed by atoms with van der Waals surface area (Å²) in [7, 11) is 0. The van der Waals surface area contributed by atoms with Crippen molar-refractivity contribution < 1.29 is 14.3 Å². The van der Waals surface area contributed by atoms with Gasteiger partial charge in [0.15, 0.2) is 0 Å². The summed E-state index contributed by atoms with van der Waals surface area (Å²) >= 11 is 6.21. The smallest absolute Gasteiger partial charge is 0.411 e. The minimum absolute atomic E-state index is 0.0387. The van der Waals surface area contributed by atoms with Gasteiger partial charge in [-0.2, -0.15) is 0 Å². The first-order valence-corrected chi connectivity index (χ1v) is 14.0. The lowest BCUT2D eigenvalue weighted by Gasteiger charge is -2.32. The monoisotopic (exact) mass is 516 g/mol. The zero-order valence-corrected chi connectivity index (χ0v) is 22.5. The third kappa shape index (κ3) is 3.89. The molecule has 3 heterocycles. The summed E-state index contributed by atoms with van der Waals surface area (Å²) in [5.41, 5.74) is 9.44. The van der Waals surface area contributed by atoms with Crippen molar-refractivity contribution in [2.24, 2.45) is 10.9 Å². The van der Waals surface area contributed by atoms with Crippen LogP contribution in [0, 0.1) is 5.92 Å². The highest BCUT2D eigenvalue weighted by molar-refractivity contribution is 6.30. The van der Waals surface area contributed by atoms with Crippen molar-refractivity contribution in [1.29, 1.82) is 0 Å². The molecule has 0 radical (unpaired) electrons. The Hall–Kier alpha value is -2.79. The minimum atomic E-state index is -0.503. The van der Waals surface area contributed by atoms with Gasteiger partial charge in [-0.15, -0.1) is 0 Å². The molecule has 1 saturated heterocycles. The standard InChI is InChI=1S/C31H33ClN2O3/c1-31(2,3)37-30(35)34-27-6-4-5-18(27)13-28(34)26-15-24-22-12-19-16-36-29-14-20(32)8-9-21(29)23(19)11-17(22)7-10-25(24)33-26/h8-9,11-12,14,18,27-28H,4-7,10,13,15-16H2,1-3H3/t18-,27-,28?/m0/s1. The Labute approximate surface area is 223 Å². The van der Waals surface area contributed by atoms with E-state index in [1.165, 1.54) is 46.4 Å². The molecule has 1 amide bonds. The molecular weight excluding hydrogens is 484 g/mol. The molecule has 0 N–H and O–H groups in total. The molecule has 3 atom stereocenters. The van der Waals surface area contributed by atoms with Gasteiger partial charge in [0.05, 0.1) is 6.04 Å². The van der Waals surface area contributed by atoms with Crippen molar-refractivity contribution in [2.45, 2.75) is 90.0 Å². The molecule has 2 fully saturated rings. The fraction of sp³-hybridized carbons (Fsp3) is 0.484. The minimum Gasteiger partial charge on any atom is -0.488 e. The molecule has 1 saturated carbocycles. The molecule has 0 aromatic heterocycles. The lowest BCUT2D eigenvalue weighted by molar-refractivity contribution is 0.0184. The number of aliphatic imine (C=N–C) groups is 1. The first kappa shape index (κ1) is 23.3. The first-order chi connectivity index (χ1) is 17.7. The Kier molecular flexibility index (Phi) is 5.27. The number of amides is 1. The van der Waals surface area contributed by atoms with E-state index in [0.717, 1.165) is 49.1 Å². The quantitative estimate of drug-likeness (QED) is 0.392. The van der Waals surface area contributed by atoms with E-state index in [-0.39, 0.29) is 18.2 Å². The molecule has 7 rings (SSSR count). The van der Waals surface area contributed by atoms with Gasteiger partial charge in [0.25, 0.3) is 0 Å². The number of carbonyl (C=O) groups is 1. The molecule has 6 heteroatoms. The van der Waals surface area contributed by atoms with Gasteiger partial charge in [0, 0.05) is 34.5 Å². The van der Waals surface area contributed by atoms with E-state index in [1.807, 2.05) is 32.9 Å². The molecule has 5 aliphatic rings. The van der Waals surface area contributed by atoms with Gasteiger partial charge in [0.1, 0.15) is 18.0 Å². The maximum Gasteiger partial charge on any atom is 0.411 e. The number of allylic oxidation sites excluding steroid dienone is 2. The molecule has 1 unspecified atom stereocenters. The number of hydrogen-bond acceptors (Lipinski definition) is 4. The van der Waals surface area contributed by atoms with E-state index < -0.39 is 5.60 Å². The highest BCUT2D eigenvalue weighted by atomic mass is 35.5. The van der Waals surface area contributed by atoms with E-state index in [9.17, 15) is 4.79 Å². The second-order valence-electron chi connectivity index (χ2n) is 12.2. The molecule has 2 aliphatic carbocycles. The number of carbonyl (C=O) groups excluding carboxylic acids is 1. The maximum atomic E-state index is 13.4. The Morgan fingerprint density at radius 1 is 1.08 bits per heavy atom. The zero-order valence-electron chi connectivity index (χ0n) is 21.8. The van der Waals surface area contributed by atoms with Crippen LogP contribution in [0.5, 0.6) is 5.75 Å². The van der Waals surface area contributed by atoms with Crippen molar-refractivity contribution in [1.82, 2.24) is 4.90 Å². The fourth-order valence-corrected chi connectivity index (χ4v) is 7.33. The maximum absolute atomic E-state index is 13.4. The number of nitrogens with zero attached hydrogens (tertiary/aromatic N) is 2. The number of hydrogen-bond donors (Lipinski definition) is 0. The molecular formula is C31H33ClN2O3. The van der Waals surface area contributed by atoms with Gasteiger partial charge in [-0.1, -0.05) is 18.0 Å². The van der Waals surface area contributed by atoms with E-state index in [1.54, 1.807) is 0 Å². The van der Waals surface area contributed by atoms with Gasteiger partial charge >= 0.3 is 6.09 Å². The molecule has 37 heavy (non-hydrogen) atoms. The fourth-order valence-electron chi connectivity index (χ4n) is 7.17. The summed E-state index contributed by atoms with van der Waals surface area (Å²) in [6.07, 6.45) is 7.04. The molecule has 192 valence electrons. The summed E-state index contributed by atoms with van der Waals surface area (Å²) in [5, 5.41) is 0.696. The number of aryl methyl sites for hydroxylation is 1. The van der Waals surface area contributed by atoms with Gasteiger partial charge in [-0.25, -0.2) is 4.79 Å². The molecule has 0 spiro atoms. The van der Waals surface area contributed by atoms with Gasteiger partial charge < -0.3 is 9.47 Å². The summed E-state index contributed by atoms with van der Waals surface area (Å²) in [6, 6.07) is 10.9. The highest BCUT2D eigenvalue weighted by Gasteiger charge is 2.49. The Balaban J connectivity index is 1.19. The Bertz CT molecular complexity index is 1390. The van der Waals surface area contributed by atoms with Crippen molar-refractivity contribution >= 4 is 29.0 Å². The van der Waals surface area contributed by atoms with Crippen LogP contribution < -0.4 is 4.74 Å².